The summed E-state index contributed by atoms with van der Waals surface area (Å²) in [6.45, 7) is 1.95. The fourth-order valence-electron chi connectivity index (χ4n) is 1.45. The van der Waals surface area contributed by atoms with Crippen molar-refractivity contribution in [2.24, 2.45) is 0 Å². The molecule has 5 heteroatoms. The monoisotopic (exact) mass is 295 g/mol. The van der Waals surface area contributed by atoms with Crippen LogP contribution in [-0.2, 0) is 0 Å². The number of nitrogens with one attached hydrogen (secondary N) is 1. The first kappa shape index (κ1) is 12.0. The van der Waals surface area contributed by atoms with Crippen LogP contribution in [-0.4, -0.2) is 9.97 Å². The summed E-state index contributed by atoms with van der Waals surface area (Å²) in [5, 5.41) is 3.18. The first-order chi connectivity index (χ1) is 8.16. The second kappa shape index (κ2) is 5.23. The molecule has 0 spiro atoms. The Balaban J connectivity index is 2.18. The van der Waals surface area contributed by atoms with Crippen molar-refractivity contribution in [3.63, 3.8) is 0 Å². The second-order valence-corrected chi connectivity index (χ2v) is 4.47. The smallest absolute Gasteiger partial charge is 0.125 e. The van der Waals surface area contributed by atoms with Crippen LogP contribution in [0.4, 0.5) is 10.1 Å². The Bertz CT molecular complexity index is 504. The molecule has 2 aromatic rings. The average Bonchev–Trinajstić information content (AvgIpc) is 2.35. The van der Waals surface area contributed by atoms with Crippen molar-refractivity contribution in [1.82, 2.24) is 9.97 Å². The van der Waals surface area contributed by atoms with E-state index < -0.39 is 0 Å². The van der Waals surface area contributed by atoms with Gasteiger partial charge in [0.1, 0.15) is 5.82 Å². The molecule has 1 atom stereocenters. The van der Waals surface area contributed by atoms with Crippen LogP contribution in [0.5, 0.6) is 0 Å². The third-order valence-corrected chi connectivity index (χ3v) is 3.02. The summed E-state index contributed by atoms with van der Waals surface area (Å²) in [5.41, 5.74) is 1.51. The largest absolute Gasteiger partial charge is 0.376 e. The number of aromatic nitrogens is 2. The van der Waals surface area contributed by atoms with Gasteiger partial charge in [-0.15, -0.1) is 0 Å². The maximum absolute atomic E-state index is 13.1. The quantitative estimate of drug-likeness (QED) is 0.941. The highest BCUT2D eigenvalue weighted by molar-refractivity contribution is 9.10. The van der Waals surface area contributed by atoms with Gasteiger partial charge in [0.05, 0.1) is 23.6 Å². The number of halogens is 2. The molecule has 0 amide bonds. The Morgan fingerprint density at radius 3 is 2.88 bits per heavy atom. The van der Waals surface area contributed by atoms with Crippen LogP contribution >= 0.6 is 15.9 Å². The minimum absolute atomic E-state index is 0.0400. The van der Waals surface area contributed by atoms with Crippen molar-refractivity contribution in [1.29, 1.82) is 0 Å². The van der Waals surface area contributed by atoms with E-state index in [1.165, 1.54) is 12.1 Å². The van der Waals surface area contributed by atoms with Gasteiger partial charge >= 0.3 is 0 Å². The van der Waals surface area contributed by atoms with Crippen LogP contribution in [0.3, 0.4) is 0 Å². The van der Waals surface area contributed by atoms with Crippen molar-refractivity contribution in [3.05, 3.63) is 52.8 Å². The minimum atomic E-state index is -0.276. The van der Waals surface area contributed by atoms with Crippen LogP contribution in [0.1, 0.15) is 18.7 Å². The fourth-order valence-corrected chi connectivity index (χ4v) is 1.81. The molecule has 1 heterocycles. The molecule has 0 saturated heterocycles. The van der Waals surface area contributed by atoms with Crippen LogP contribution in [0, 0.1) is 5.82 Å². The van der Waals surface area contributed by atoms with E-state index in [0.29, 0.717) is 5.69 Å². The highest BCUT2D eigenvalue weighted by Gasteiger charge is 2.09. The van der Waals surface area contributed by atoms with Gasteiger partial charge in [-0.2, -0.15) is 0 Å². The summed E-state index contributed by atoms with van der Waals surface area (Å²) in [6.07, 6.45) is 4.94. The molecule has 0 aliphatic heterocycles. The highest BCUT2D eigenvalue weighted by atomic mass is 79.9. The lowest BCUT2D eigenvalue weighted by atomic mass is 10.2. The van der Waals surface area contributed by atoms with Crippen molar-refractivity contribution >= 4 is 21.6 Å². The Hall–Kier alpha value is -1.49. The number of benzene rings is 1. The molecule has 1 aromatic carbocycles. The molecule has 1 aromatic heterocycles. The number of hydrogen-bond acceptors (Lipinski definition) is 3. The van der Waals surface area contributed by atoms with E-state index in [2.05, 4.69) is 31.2 Å². The third kappa shape index (κ3) is 3.00. The Morgan fingerprint density at radius 1 is 1.35 bits per heavy atom. The normalized spacial score (nSPS) is 12.2. The second-order valence-electron chi connectivity index (χ2n) is 3.62. The lowest BCUT2D eigenvalue weighted by Crippen LogP contribution is -2.09. The molecular weight excluding hydrogens is 285 g/mol. The number of anilines is 1. The van der Waals surface area contributed by atoms with E-state index in [-0.39, 0.29) is 11.9 Å². The first-order valence-corrected chi connectivity index (χ1v) is 5.93. The topological polar surface area (TPSA) is 37.8 Å². The van der Waals surface area contributed by atoms with Crippen molar-refractivity contribution in [2.45, 2.75) is 13.0 Å². The predicted molar refractivity (Wildman–Crippen MR) is 68.2 cm³/mol. The van der Waals surface area contributed by atoms with Crippen LogP contribution in [0.15, 0.2) is 41.3 Å². The van der Waals surface area contributed by atoms with Crippen molar-refractivity contribution in [2.75, 3.05) is 5.32 Å². The predicted octanol–water partition coefficient (Wildman–Crippen LogP) is 3.55. The zero-order valence-electron chi connectivity index (χ0n) is 9.19. The Kier molecular flexibility index (Phi) is 3.68. The molecule has 17 heavy (non-hydrogen) atoms. The van der Waals surface area contributed by atoms with Gasteiger partial charge in [0, 0.05) is 16.9 Å². The van der Waals surface area contributed by atoms with Crippen LogP contribution in [0.25, 0.3) is 0 Å². The molecule has 0 fully saturated rings. The molecule has 0 radical (unpaired) electrons. The fraction of sp³-hybridized carbons (Fsp3) is 0.167. The Morgan fingerprint density at radius 2 is 2.18 bits per heavy atom. The van der Waals surface area contributed by atoms with E-state index >= 15 is 0 Å². The highest BCUT2D eigenvalue weighted by Crippen LogP contribution is 2.26. The van der Waals surface area contributed by atoms with Gasteiger partial charge in [0.25, 0.3) is 0 Å². The summed E-state index contributed by atoms with van der Waals surface area (Å²) in [7, 11) is 0. The zero-order valence-corrected chi connectivity index (χ0v) is 10.8. The van der Waals surface area contributed by atoms with Gasteiger partial charge < -0.3 is 5.32 Å². The van der Waals surface area contributed by atoms with Crippen molar-refractivity contribution in [3.8, 4) is 0 Å². The summed E-state index contributed by atoms with van der Waals surface area (Å²) < 4.78 is 13.9. The van der Waals surface area contributed by atoms with E-state index in [0.717, 1.165) is 10.2 Å². The first-order valence-electron chi connectivity index (χ1n) is 5.14. The summed E-state index contributed by atoms with van der Waals surface area (Å²) >= 11 is 3.37. The molecule has 0 bridgehead atoms. The maximum atomic E-state index is 13.1. The van der Waals surface area contributed by atoms with E-state index in [9.17, 15) is 4.39 Å². The summed E-state index contributed by atoms with van der Waals surface area (Å²) in [4.78, 5) is 8.19. The molecule has 0 aliphatic rings. The van der Waals surface area contributed by atoms with Gasteiger partial charge in [-0.3, -0.25) is 9.97 Å². The molecular formula is C12H11BrFN3. The lowest BCUT2D eigenvalue weighted by molar-refractivity contribution is 0.627. The van der Waals surface area contributed by atoms with E-state index in [4.69, 9.17) is 0 Å². The summed E-state index contributed by atoms with van der Waals surface area (Å²) in [6, 6.07) is 4.47. The standard InChI is InChI=1S/C12H11BrFN3/c1-8(12-7-15-4-5-16-12)17-11-6-9(14)2-3-10(11)13/h2-8,17H,1H3. The van der Waals surface area contributed by atoms with Gasteiger partial charge in [0.2, 0.25) is 0 Å². The molecule has 1 N–H and O–H groups in total. The number of rotatable bonds is 3. The van der Waals surface area contributed by atoms with E-state index in [1.54, 1.807) is 24.7 Å². The van der Waals surface area contributed by atoms with Gasteiger partial charge in [-0.25, -0.2) is 4.39 Å². The lowest BCUT2D eigenvalue weighted by Gasteiger charge is -2.15. The number of nitrogens with zero attached hydrogens (tertiary/aromatic N) is 2. The van der Waals surface area contributed by atoms with Gasteiger partial charge in [-0.1, -0.05) is 0 Å². The third-order valence-electron chi connectivity index (χ3n) is 2.33. The molecule has 88 valence electrons. The maximum Gasteiger partial charge on any atom is 0.125 e. The zero-order chi connectivity index (χ0) is 12.3. The number of hydrogen-bond donors (Lipinski definition) is 1. The molecule has 0 saturated carbocycles. The van der Waals surface area contributed by atoms with Gasteiger partial charge in [0.15, 0.2) is 0 Å². The van der Waals surface area contributed by atoms with E-state index in [1.807, 2.05) is 6.92 Å². The minimum Gasteiger partial charge on any atom is -0.376 e. The molecule has 0 aliphatic carbocycles. The Labute approximate surface area is 107 Å². The molecule has 2 rings (SSSR count). The van der Waals surface area contributed by atoms with Gasteiger partial charge in [-0.05, 0) is 41.1 Å². The molecule has 1 unspecified atom stereocenters. The SMILES string of the molecule is CC(Nc1cc(F)ccc1Br)c1cnccn1. The molecule has 3 nitrogen and oxygen atoms in total. The van der Waals surface area contributed by atoms with Crippen LogP contribution < -0.4 is 5.32 Å². The van der Waals surface area contributed by atoms with Crippen molar-refractivity contribution < 1.29 is 4.39 Å². The van der Waals surface area contributed by atoms with Crippen LogP contribution in [0.2, 0.25) is 0 Å². The average molecular weight is 296 g/mol. The summed E-state index contributed by atoms with van der Waals surface area (Å²) in [5.74, 6) is -0.276.